The van der Waals surface area contributed by atoms with Crippen LogP contribution in [0.25, 0.3) is 0 Å². The van der Waals surface area contributed by atoms with Crippen LogP contribution in [0, 0.1) is 23.7 Å². The summed E-state index contributed by atoms with van der Waals surface area (Å²) in [5.41, 5.74) is 5.83. The lowest BCUT2D eigenvalue weighted by Gasteiger charge is -2.40. The number of aliphatic carboxylic acids is 1. The van der Waals surface area contributed by atoms with Gasteiger partial charge < -0.3 is 36.8 Å². The summed E-state index contributed by atoms with van der Waals surface area (Å²) in [6, 6.07) is -8.10. The molecule has 0 bridgehead atoms. The van der Waals surface area contributed by atoms with Crippen LogP contribution in [-0.4, -0.2) is 130 Å². The first-order valence-corrected chi connectivity index (χ1v) is 19.7. The van der Waals surface area contributed by atoms with Gasteiger partial charge in [0.25, 0.3) is 11.8 Å². The van der Waals surface area contributed by atoms with Gasteiger partial charge in [-0.25, -0.2) is 15.6 Å². The molecule has 7 amide bonds. The van der Waals surface area contributed by atoms with E-state index in [1.54, 1.807) is 27.7 Å². The Kier molecular flexibility index (Phi) is 19.1. The third-order valence-electron chi connectivity index (χ3n) is 9.71. The predicted octanol–water partition coefficient (Wildman–Crippen LogP) is -1.10. The summed E-state index contributed by atoms with van der Waals surface area (Å²) >= 11 is 0. The topological polar surface area (TPSA) is 268 Å². The number of aliphatic hydroxyl groups excluding tert-OH is 1. The van der Waals surface area contributed by atoms with Crippen LogP contribution in [0.1, 0.15) is 101 Å². The number of nitrogens with zero attached hydrogens (tertiary/aromatic N) is 2. The molecular formula is C37H65N9O10. The zero-order chi connectivity index (χ0) is 42.4. The zero-order valence-corrected chi connectivity index (χ0v) is 34.2. The maximum absolute atomic E-state index is 14.2. The second-order valence-electron chi connectivity index (χ2n) is 16.2. The molecule has 19 nitrogen and oxygen atoms in total. The summed E-state index contributed by atoms with van der Waals surface area (Å²) < 4.78 is 0. The summed E-state index contributed by atoms with van der Waals surface area (Å²) in [7, 11) is 0. The molecule has 2 saturated heterocycles. The summed E-state index contributed by atoms with van der Waals surface area (Å²) in [5, 5.41) is 35.4. The van der Waals surface area contributed by atoms with Gasteiger partial charge in [0.2, 0.25) is 30.0 Å². The number of hydrogen-bond acceptors (Lipinski definition) is 11. The van der Waals surface area contributed by atoms with Crippen molar-refractivity contribution in [1.82, 2.24) is 47.5 Å². The monoisotopic (exact) mass is 795 g/mol. The molecule has 8 atom stereocenters. The van der Waals surface area contributed by atoms with Gasteiger partial charge in [0, 0.05) is 13.1 Å². The van der Waals surface area contributed by atoms with Crippen LogP contribution in [0.15, 0.2) is 0 Å². The lowest BCUT2D eigenvalue weighted by Crippen LogP contribution is -2.66. The lowest BCUT2D eigenvalue weighted by molar-refractivity contribution is -0.158. The molecule has 3 unspecified atom stereocenters. The molecule has 0 aromatic heterocycles. The first-order valence-electron chi connectivity index (χ1n) is 19.7. The van der Waals surface area contributed by atoms with Crippen LogP contribution in [0.3, 0.4) is 0 Å². The standard InChI is InChI=1S/C37H65N9O10/c1-19(2)16-24(41-34(52)30(23(9)48)44-33(51)28(21(5)6)38-18-47)31(49)43-29(22(7)8)36(54)45-26(12-10-14-39-45)32(50)42-25(17-20(3)4)35(53)46-27(37(55)56)13-11-15-40-46/h18-30,39-40,48H,10-17H2,1-9H3,(H,38,47)(H,41,52)(H,42,50)(H,43,49)(H,44,51)(H,55,56)/t23?,24-,25-,26?,27?,28-,29-,30-/m0/s1. The number of amides is 7. The molecule has 56 heavy (non-hydrogen) atoms. The highest BCUT2D eigenvalue weighted by Gasteiger charge is 2.42. The van der Waals surface area contributed by atoms with E-state index in [0.717, 1.165) is 10.0 Å². The molecule has 2 aliphatic heterocycles. The summed E-state index contributed by atoms with van der Waals surface area (Å²) in [5.74, 6) is -6.29. The van der Waals surface area contributed by atoms with Crippen molar-refractivity contribution in [2.45, 2.75) is 149 Å². The highest BCUT2D eigenvalue weighted by molar-refractivity contribution is 5.97. The number of carboxylic acids is 1. The maximum Gasteiger partial charge on any atom is 0.328 e. The molecule has 9 N–H and O–H groups in total. The van der Waals surface area contributed by atoms with E-state index < -0.39 is 95.7 Å². The fourth-order valence-electron chi connectivity index (χ4n) is 6.72. The van der Waals surface area contributed by atoms with Gasteiger partial charge in [-0.15, -0.1) is 0 Å². The Hall–Kier alpha value is -4.36. The number of carbonyl (C=O) groups is 8. The quantitative estimate of drug-likeness (QED) is 0.0666. The minimum atomic E-state index is -1.48. The number of rotatable bonds is 20. The van der Waals surface area contributed by atoms with Crippen molar-refractivity contribution < 1.29 is 48.6 Å². The van der Waals surface area contributed by atoms with Gasteiger partial charge in [-0.2, -0.15) is 0 Å². The van der Waals surface area contributed by atoms with E-state index in [9.17, 15) is 48.6 Å². The lowest BCUT2D eigenvalue weighted by atomic mass is 9.97. The molecule has 2 fully saturated rings. The van der Waals surface area contributed by atoms with E-state index in [2.05, 4.69) is 37.4 Å². The van der Waals surface area contributed by atoms with Crippen molar-refractivity contribution in [3.05, 3.63) is 0 Å². The van der Waals surface area contributed by atoms with Gasteiger partial charge in [-0.3, -0.25) is 43.6 Å². The Labute approximate surface area is 329 Å². The zero-order valence-electron chi connectivity index (χ0n) is 34.2. The number of hydrogen-bond donors (Lipinski definition) is 9. The summed E-state index contributed by atoms with van der Waals surface area (Å²) in [6.07, 6.45) is 0.901. The molecule has 0 spiro atoms. The Morgan fingerprint density at radius 3 is 1.61 bits per heavy atom. The number of hydrazine groups is 2. The van der Waals surface area contributed by atoms with Crippen LogP contribution in [-0.2, 0) is 38.4 Å². The maximum atomic E-state index is 14.2. The average Bonchev–Trinajstić information content (AvgIpc) is 3.12. The van der Waals surface area contributed by atoms with Crippen molar-refractivity contribution in [3.63, 3.8) is 0 Å². The number of aliphatic hydroxyl groups is 1. The SMILES string of the molecule is CC(C)C[C@H](NC(=O)[C@@H](NC(=O)[C@@H](NC=O)C(C)C)C(C)O)C(=O)N[C@H](C(=O)N1NCCCC1C(=O)N[C@@H](CC(C)C)C(=O)N1NCCCC1C(=O)O)C(C)C. The van der Waals surface area contributed by atoms with E-state index >= 15 is 0 Å². The molecule has 2 aliphatic rings. The molecular weight excluding hydrogens is 730 g/mol. The third-order valence-corrected chi connectivity index (χ3v) is 9.71. The number of nitrogens with one attached hydrogen (secondary N) is 7. The second kappa shape index (κ2) is 22.4. The van der Waals surface area contributed by atoms with Crippen molar-refractivity contribution in [1.29, 1.82) is 0 Å². The largest absolute Gasteiger partial charge is 0.480 e. The van der Waals surface area contributed by atoms with Crippen LogP contribution >= 0.6 is 0 Å². The van der Waals surface area contributed by atoms with Crippen LogP contribution in [0.5, 0.6) is 0 Å². The highest BCUT2D eigenvalue weighted by atomic mass is 16.4. The fourth-order valence-corrected chi connectivity index (χ4v) is 6.72. The molecule has 0 aromatic carbocycles. The first kappa shape index (κ1) is 47.8. The summed E-state index contributed by atoms with van der Waals surface area (Å²) in [4.78, 5) is 105. The Morgan fingerprint density at radius 1 is 0.643 bits per heavy atom. The minimum absolute atomic E-state index is 0.0529. The highest BCUT2D eigenvalue weighted by Crippen LogP contribution is 2.19. The smallest absolute Gasteiger partial charge is 0.328 e. The molecule has 2 heterocycles. The molecule has 0 aliphatic carbocycles. The van der Waals surface area contributed by atoms with Crippen molar-refractivity contribution in [2.75, 3.05) is 13.1 Å². The van der Waals surface area contributed by atoms with Gasteiger partial charge in [0.05, 0.1) is 6.10 Å². The molecule has 0 aromatic rings. The van der Waals surface area contributed by atoms with E-state index in [-0.39, 0.29) is 43.4 Å². The Balaban J connectivity index is 2.31. The summed E-state index contributed by atoms with van der Waals surface area (Å²) in [6.45, 7) is 16.2. The first-order chi connectivity index (χ1) is 26.2. The normalized spacial score (nSPS) is 20.7. The fraction of sp³-hybridized carbons (Fsp3) is 0.784. The van der Waals surface area contributed by atoms with Gasteiger partial charge in [-0.1, -0.05) is 55.4 Å². The van der Waals surface area contributed by atoms with Crippen molar-refractivity contribution in [2.24, 2.45) is 23.7 Å². The van der Waals surface area contributed by atoms with Crippen LogP contribution in [0.4, 0.5) is 0 Å². The predicted molar refractivity (Wildman–Crippen MR) is 204 cm³/mol. The molecule has 2 rings (SSSR count). The molecule has 318 valence electrons. The van der Waals surface area contributed by atoms with Crippen LogP contribution < -0.4 is 37.4 Å². The van der Waals surface area contributed by atoms with E-state index in [1.807, 2.05) is 27.7 Å². The van der Waals surface area contributed by atoms with Gasteiger partial charge in [0.1, 0.15) is 42.3 Å². The average molecular weight is 796 g/mol. The third kappa shape index (κ3) is 13.7. The van der Waals surface area contributed by atoms with Crippen molar-refractivity contribution >= 4 is 47.8 Å². The molecule has 0 radical (unpaired) electrons. The minimum Gasteiger partial charge on any atom is -0.480 e. The molecule has 19 heteroatoms. The van der Waals surface area contributed by atoms with Gasteiger partial charge >= 0.3 is 5.97 Å². The van der Waals surface area contributed by atoms with Gasteiger partial charge in [-0.05, 0) is 69.1 Å². The van der Waals surface area contributed by atoms with E-state index in [1.165, 1.54) is 6.92 Å². The molecule has 0 saturated carbocycles. The van der Waals surface area contributed by atoms with Gasteiger partial charge in [0.15, 0.2) is 0 Å². The Morgan fingerprint density at radius 2 is 1.12 bits per heavy atom. The number of carboxylic acid groups (broad SMARTS) is 1. The number of carbonyl (C=O) groups excluding carboxylic acids is 7. The van der Waals surface area contributed by atoms with E-state index in [0.29, 0.717) is 32.3 Å². The second-order valence-corrected chi connectivity index (χ2v) is 16.2. The van der Waals surface area contributed by atoms with Crippen LogP contribution in [0.2, 0.25) is 0 Å². The van der Waals surface area contributed by atoms with E-state index in [4.69, 9.17) is 0 Å². The Bertz CT molecular complexity index is 1390. The van der Waals surface area contributed by atoms with Crippen molar-refractivity contribution in [3.8, 4) is 0 Å².